The molecule has 0 spiro atoms. The van der Waals surface area contributed by atoms with Gasteiger partial charge in [-0.2, -0.15) is 4.31 Å². The van der Waals surface area contributed by atoms with Crippen molar-refractivity contribution >= 4 is 50.7 Å². The maximum absolute atomic E-state index is 13.1. The van der Waals surface area contributed by atoms with Crippen LogP contribution in [0.15, 0.2) is 12.1 Å². The smallest absolute Gasteiger partial charge is 0.260 e. The number of amides is 1. The zero-order valence-electron chi connectivity index (χ0n) is 19.4. The van der Waals surface area contributed by atoms with Crippen LogP contribution in [0, 0.1) is 0 Å². The fourth-order valence-corrected chi connectivity index (χ4v) is 6.86. The first-order valence-electron chi connectivity index (χ1n) is 11.8. The molecule has 3 saturated heterocycles. The number of likely N-dealkylation sites (tertiary alicyclic amines) is 2. The number of aliphatic hydroxyl groups is 1. The molecule has 1 N–H and O–H groups in total. The molecule has 1 aromatic rings. The van der Waals surface area contributed by atoms with Crippen LogP contribution in [0.5, 0.6) is 5.75 Å². The van der Waals surface area contributed by atoms with Gasteiger partial charge in [0.1, 0.15) is 5.75 Å². The average Bonchev–Trinajstić information content (AvgIpc) is 3.30. The summed E-state index contributed by atoms with van der Waals surface area (Å²) in [4.78, 5) is 19.1. The van der Waals surface area contributed by atoms with E-state index in [9.17, 15) is 18.3 Å². The van der Waals surface area contributed by atoms with E-state index in [1.165, 1.54) is 16.4 Å². The highest BCUT2D eigenvalue weighted by atomic mass is 35.5. The van der Waals surface area contributed by atoms with Crippen LogP contribution in [0.4, 0.5) is 0 Å². The van der Waals surface area contributed by atoms with Gasteiger partial charge in [-0.05, 0) is 32.0 Å². The van der Waals surface area contributed by atoms with E-state index in [-0.39, 0.29) is 65.8 Å². The Morgan fingerprint density at radius 3 is 2.34 bits per heavy atom. The molecular weight excluding hydrogens is 539 g/mol. The van der Waals surface area contributed by atoms with Crippen molar-refractivity contribution in [1.82, 2.24) is 19.0 Å². The molecule has 0 aromatic heterocycles. The van der Waals surface area contributed by atoms with Crippen molar-refractivity contribution < 1.29 is 23.1 Å². The predicted octanol–water partition coefficient (Wildman–Crippen LogP) is 1.64. The summed E-state index contributed by atoms with van der Waals surface area (Å²) >= 11 is 18.2. The van der Waals surface area contributed by atoms with Crippen LogP contribution in [0.2, 0.25) is 15.1 Å². The highest BCUT2D eigenvalue weighted by Gasteiger charge is 2.37. The fraction of sp³-hybridized carbons (Fsp3) is 0.682. The Balaban J connectivity index is 1.39. The fourth-order valence-electron chi connectivity index (χ4n) is 4.76. The molecule has 35 heavy (non-hydrogen) atoms. The number of halogens is 3. The minimum absolute atomic E-state index is 0.00301. The lowest BCUT2D eigenvalue weighted by Crippen LogP contribution is -2.61. The number of carbonyl (C=O) groups excluding carboxylic acids is 1. The predicted molar refractivity (Wildman–Crippen MR) is 136 cm³/mol. The van der Waals surface area contributed by atoms with Crippen LogP contribution < -0.4 is 4.74 Å². The molecule has 0 radical (unpaired) electrons. The molecule has 0 bridgehead atoms. The van der Waals surface area contributed by atoms with Crippen LogP contribution in [0.1, 0.15) is 12.8 Å². The third-order valence-corrected chi connectivity index (χ3v) is 9.59. The number of sulfonamides is 1. The van der Waals surface area contributed by atoms with Crippen molar-refractivity contribution in [2.45, 2.75) is 25.0 Å². The highest BCUT2D eigenvalue weighted by molar-refractivity contribution is 7.89. The molecule has 3 aliphatic heterocycles. The molecule has 3 aliphatic rings. The number of nitrogens with zero attached hydrogens (tertiary/aromatic N) is 4. The Hall–Kier alpha value is -0.850. The van der Waals surface area contributed by atoms with Crippen molar-refractivity contribution in [1.29, 1.82) is 0 Å². The molecule has 0 aliphatic carbocycles. The number of hydrogen-bond acceptors (Lipinski definition) is 7. The van der Waals surface area contributed by atoms with E-state index in [4.69, 9.17) is 39.5 Å². The SMILES string of the molecule is O=C(COc1cc(Cl)c(Cl)cc1Cl)N1CCN(S(=O)(=O)CCN2CC(O)C2)C[C@@H]1CN1CCCC1. The van der Waals surface area contributed by atoms with Crippen LogP contribution in [0.25, 0.3) is 0 Å². The summed E-state index contributed by atoms with van der Waals surface area (Å²) in [5.41, 5.74) is 0. The second-order valence-electron chi connectivity index (χ2n) is 9.32. The number of hydrogen-bond donors (Lipinski definition) is 1. The van der Waals surface area contributed by atoms with Gasteiger partial charge in [-0.1, -0.05) is 34.8 Å². The van der Waals surface area contributed by atoms with Gasteiger partial charge in [0.15, 0.2) is 6.61 Å². The summed E-state index contributed by atoms with van der Waals surface area (Å²) in [6.07, 6.45) is 1.84. The van der Waals surface area contributed by atoms with E-state index in [0.29, 0.717) is 31.2 Å². The molecular formula is C22H31Cl3N4O5S. The zero-order valence-corrected chi connectivity index (χ0v) is 22.5. The molecule has 1 aromatic carbocycles. The minimum atomic E-state index is -3.48. The number of aliphatic hydroxyl groups excluding tert-OH is 1. The van der Waals surface area contributed by atoms with E-state index in [0.717, 1.165) is 25.9 Å². The Morgan fingerprint density at radius 2 is 1.66 bits per heavy atom. The maximum Gasteiger partial charge on any atom is 0.260 e. The van der Waals surface area contributed by atoms with Gasteiger partial charge in [0.25, 0.3) is 5.91 Å². The van der Waals surface area contributed by atoms with Crippen LogP contribution >= 0.6 is 34.8 Å². The number of ether oxygens (including phenoxy) is 1. The molecule has 4 rings (SSSR count). The van der Waals surface area contributed by atoms with E-state index in [1.807, 2.05) is 4.90 Å². The first-order chi connectivity index (χ1) is 16.6. The Labute approximate surface area is 221 Å². The Bertz CT molecular complexity index is 1020. The summed E-state index contributed by atoms with van der Waals surface area (Å²) in [7, 11) is -3.48. The third-order valence-electron chi connectivity index (χ3n) is 6.76. The van der Waals surface area contributed by atoms with Gasteiger partial charge in [-0.25, -0.2) is 8.42 Å². The quantitative estimate of drug-likeness (QED) is 0.452. The lowest BCUT2D eigenvalue weighted by atomic mass is 10.1. The van der Waals surface area contributed by atoms with E-state index < -0.39 is 10.0 Å². The molecule has 3 heterocycles. The van der Waals surface area contributed by atoms with E-state index >= 15 is 0 Å². The second kappa shape index (κ2) is 11.7. The summed E-state index contributed by atoms with van der Waals surface area (Å²) in [5.74, 6) is 0.0361. The summed E-state index contributed by atoms with van der Waals surface area (Å²) < 4.78 is 33.2. The molecule has 1 amide bonds. The monoisotopic (exact) mass is 568 g/mol. The topological polar surface area (TPSA) is 93.6 Å². The van der Waals surface area contributed by atoms with Crippen molar-refractivity contribution in [3.63, 3.8) is 0 Å². The average molecular weight is 570 g/mol. The van der Waals surface area contributed by atoms with Crippen LogP contribution in [-0.2, 0) is 14.8 Å². The summed E-state index contributed by atoms with van der Waals surface area (Å²) in [6, 6.07) is 2.66. The molecule has 1 atom stereocenters. The normalized spacial score (nSPS) is 23.0. The van der Waals surface area contributed by atoms with E-state index in [1.54, 1.807) is 4.90 Å². The Morgan fingerprint density at radius 1 is 0.971 bits per heavy atom. The lowest BCUT2D eigenvalue weighted by Gasteiger charge is -2.42. The van der Waals surface area contributed by atoms with E-state index in [2.05, 4.69) is 4.90 Å². The van der Waals surface area contributed by atoms with Gasteiger partial charge in [0.2, 0.25) is 10.0 Å². The largest absolute Gasteiger partial charge is 0.482 e. The maximum atomic E-state index is 13.1. The van der Waals surface area contributed by atoms with Gasteiger partial charge in [-0.3, -0.25) is 9.69 Å². The number of β-amino-alcohol motifs (C(OH)–C–C–N with tert-alkyl or cyclic N) is 1. The molecule has 3 fully saturated rings. The first-order valence-corrected chi connectivity index (χ1v) is 14.5. The summed E-state index contributed by atoms with van der Waals surface area (Å²) in [5, 5.41) is 10.3. The van der Waals surface area contributed by atoms with Crippen LogP contribution in [-0.4, -0.2) is 122 Å². The standard InChI is InChI=1S/C22H31Cl3N4O5S/c23-18-9-20(25)21(10-19(18)24)34-15-22(31)29-6-5-28(12-16(29)11-26-3-1-2-4-26)35(32,33)8-7-27-13-17(30)14-27/h9-10,16-17,30H,1-8,11-15H2/t16-/m0/s1. The van der Waals surface area contributed by atoms with Crippen LogP contribution in [0.3, 0.4) is 0 Å². The van der Waals surface area contributed by atoms with Gasteiger partial charge in [0.05, 0.1) is 33.0 Å². The highest BCUT2D eigenvalue weighted by Crippen LogP contribution is 2.34. The lowest BCUT2D eigenvalue weighted by molar-refractivity contribution is -0.138. The van der Waals surface area contributed by atoms with Crippen molar-refractivity contribution in [3.05, 3.63) is 27.2 Å². The zero-order chi connectivity index (χ0) is 25.2. The number of benzene rings is 1. The number of piperazine rings is 1. The van der Waals surface area contributed by atoms with Crippen molar-refractivity contribution in [3.8, 4) is 5.75 Å². The van der Waals surface area contributed by atoms with Gasteiger partial charge in [0, 0.05) is 51.9 Å². The number of rotatable bonds is 9. The summed E-state index contributed by atoms with van der Waals surface area (Å²) in [6.45, 7) is 4.46. The van der Waals surface area contributed by atoms with Gasteiger partial charge >= 0.3 is 0 Å². The van der Waals surface area contributed by atoms with Gasteiger partial charge < -0.3 is 19.6 Å². The molecule has 0 unspecified atom stereocenters. The molecule has 0 saturated carbocycles. The Kier molecular flexibility index (Phi) is 9.08. The first kappa shape index (κ1) is 27.2. The minimum Gasteiger partial charge on any atom is -0.482 e. The third kappa shape index (κ3) is 6.93. The van der Waals surface area contributed by atoms with Crippen molar-refractivity contribution in [2.24, 2.45) is 0 Å². The molecule has 196 valence electrons. The van der Waals surface area contributed by atoms with Gasteiger partial charge in [-0.15, -0.1) is 0 Å². The number of carbonyl (C=O) groups is 1. The van der Waals surface area contributed by atoms with Crippen molar-refractivity contribution in [2.75, 3.05) is 71.3 Å². The molecule has 9 nitrogen and oxygen atoms in total. The second-order valence-corrected chi connectivity index (χ2v) is 12.6. The molecule has 13 heteroatoms.